The minimum absolute atomic E-state index is 0.105. The molecule has 1 heteroatoms. The summed E-state index contributed by atoms with van der Waals surface area (Å²) in [7, 11) is 0. The first kappa shape index (κ1) is 11.7. The first-order chi connectivity index (χ1) is 9.20. The highest BCUT2D eigenvalue weighted by molar-refractivity contribution is 5.36. The van der Waals surface area contributed by atoms with Gasteiger partial charge >= 0.3 is 0 Å². The molecule has 0 unspecified atom stereocenters. The molecule has 1 N–H and O–H groups in total. The van der Waals surface area contributed by atoms with Crippen molar-refractivity contribution in [1.29, 1.82) is 0 Å². The lowest BCUT2D eigenvalue weighted by Gasteiger charge is -2.50. The summed E-state index contributed by atoms with van der Waals surface area (Å²) in [4.78, 5) is 0. The molecule has 1 aromatic carbocycles. The molecule has 4 rings (SSSR count). The standard InChI is InChI=1S/C18H22O/c1-18-11-10-14-13-5-3-2-4-12(13)6-7-15(14)16(18)8-9-17(18)19/h2-5,8-9,14-17,19H,6-7,10-11H2,1H3/t14-,15-,16+,17-,18+/m1/s1. The van der Waals surface area contributed by atoms with Gasteiger partial charge in [-0.25, -0.2) is 0 Å². The van der Waals surface area contributed by atoms with Gasteiger partial charge in [0.1, 0.15) is 0 Å². The second-order valence-corrected chi connectivity index (χ2v) is 6.91. The van der Waals surface area contributed by atoms with Gasteiger partial charge in [-0.3, -0.25) is 0 Å². The Hall–Kier alpha value is -1.08. The van der Waals surface area contributed by atoms with E-state index in [0.717, 1.165) is 18.3 Å². The largest absolute Gasteiger partial charge is 0.388 e. The third-order valence-electron chi connectivity index (χ3n) is 6.11. The Labute approximate surface area is 115 Å². The second-order valence-electron chi connectivity index (χ2n) is 6.91. The fraction of sp³-hybridized carbons (Fsp3) is 0.556. The van der Waals surface area contributed by atoms with Gasteiger partial charge in [-0.2, -0.15) is 0 Å². The van der Waals surface area contributed by atoms with Gasteiger partial charge in [-0.1, -0.05) is 43.3 Å². The number of fused-ring (bicyclic) bond motifs is 5. The molecule has 1 saturated carbocycles. The normalized spacial score (nSPS) is 43.5. The average Bonchev–Trinajstić information content (AvgIpc) is 2.75. The topological polar surface area (TPSA) is 20.2 Å². The molecule has 1 aromatic rings. The van der Waals surface area contributed by atoms with Crippen LogP contribution >= 0.6 is 0 Å². The number of aliphatic hydroxyl groups excluding tert-OH is 1. The van der Waals surface area contributed by atoms with E-state index in [4.69, 9.17) is 0 Å². The van der Waals surface area contributed by atoms with Gasteiger partial charge in [-0.15, -0.1) is 0 Å². The molecule has 0 spiro atoms. The van der Waals surface area contributed by atoms with E-state index in [9.17, 15) is 5.11 Å². The predicted octanol–water partition coefficient (Wildman–Crippen LogP) is 3.68. The van der Waals surface area contributed by atoms with Crippen LogP contribution < -0.4 is 0 Å². The van der Waals surface area contributed by atoms with E-state index >= 15 is 0 Å². The van der Waals surface area contributed by atoms with Crippen LogP contribution in [-0.4, -0.2) is 11.2 Å². The summed E-state index contributed by atoms with van der Waals surface area (Å²) in [5.41, 5.74) is 3.26. The highest BCUT2D eigenvalue weighted by atomic mass is 16.3. The van der Waals surface area contributed by atoms with Crippen LogP contribution in [0, 0.1) is 17.3 Å². The molecule has 5 atom stereocenters. The summed E-state index contributed by atoms with van der Waals surface area (Å²) in [6.07, 6.45) is 9.04. The van der Waals surface area contributed by atoms with Gasteiger partial charge < -0.3 is 5.11 Å². The van der Waals surface area contributed by atoms with Crippen molar-refractivity contribution >= 4 is 0 Å². The van der Waals surface area contributed by atoms with Crippen molar-refractivity contribution < 1.29 is 5.11 Å². The average molecular weight is 254 g/mol. The summed E-state index contributed by atoms with van der Waals surface area (Å²) in [5.74, 6) is 2.04. The van der Waals surface area contributed by atoms with Gasteiger partial charge in [0, 0.05) is 5.41 Å². The highest BCUT2D eigenvalue weighted by Crippen LogP contribution is 2.58. The Morgan fingerprint density at radius 1 is 1.16 bits per heavy atom. The smallest absolute Gasteiger partial charge is 0.0780 e. The molecule has 0 heterocycles. The van der Waals surface area contributed by atoms with Gasteiger partial charge in [0.05, 0.1) is 6.10 Å². The first-order valence-corrected chi connectivity index (χ1v) is 7.64. The quantitative estimate of drug-likeness (QED) is 0.700. The molecule has 19 heavy (non-hydrogen) atoms. The summed E-state index contributed by atoms with van der Waals surface area (Å²) in [5, 5.41) is 10.3. The van der Waals surface area contributed by atoms with Crippen molar-refractivity contribution in [3.8, 4) is 0 Å². The van der Waals surface area contributed by atoms with E-state index in [1.165, 1.54) is 19.3 Å². The SMILES string of the molecule is C[C@]12CC[C@@H]3c4ccccc4CC[C@H]3[C@@H]1C=C[C@H]2O. The number of rotatable bonds is 0. The Morgan fingerprint density at radius 3 is 2.89 bits per heavy atom. The Bertz CT molecular complexity index is 532. The third-order valence-corrected chi connectivity index (χ3v) is 6.11. The Kier molecular flexibility index (Phi) is 2.44. The van der Waals surface area contributed by atoms with Crippen LogP contribution in [0.2, 0.25) is 0 Å². The zero-order valence-electron chi connectivity index (χ0n) is 11.5. The van der Waals surface area contributed by atoms with Crippen LogP contribution in [0.15, 0.2) is 36.4 Å². The lowest BCUT2D eigenvalue weighted by atomic mass is 9.55. The molecule has 1 fully saturated rings. The molecule has 0 bridgehead atoms. The van der Waals surface area contributed by atoms with Crippen LogP contribution in [-0.2, 0) is 6.42 Å². The summed E-state index contributed by atoms with van der Waals surface area (Å²) >= 11 is 0. The minimum atomic E-state index is -0.226. The third kappa shape index (κ3) is 1.51. The number of hydrogen-bond donors (Lipinski definition) is 1. The lowest BCUT2D eigenvalue weighted by Crippen LogP contribution is -2.44. The number of allylic oxidation sites excluding steroid dienone is 1. The fourth-order valence-electron chi connectivity index (χ4n) is 4.95. The molecule has 0 aliphatic heterocycles. The maximum absolute atomic E-state index is 10.3. The van der Waals surface area contributed by atoms with Crippen molar-refractivity contribution in [1.82, 2.24) is 0 Å². The van der Waals surface area contributed by atoms with Crippen molar-refractivity contribution in [2.45, 2.75) is 44.6 Å². The fourth-order valence-corrected chi connectivity index (χ4v) is 4.95. The lowest BCUT2D eigenvalue weighted by molar-refractivity contribution is -0.0101. The predicted molar refractivity (Wildman–Crippen MR) is 77.0 cm³/mol. The number of aliphatic hydroxyl groups is 1. The second kappa shape index (κ2) is 3.96. The molecule has 0 aromatic heterocycles. The van der Waals surface area contributed by atoms with Crippen molar-refractivity contribution in [2.75, 3.05) is 0 Å². The highest BCUT2D eigenvalue weighted by Gasteiger charge is 2.52. The molecular weight excluding hydrogens is 232 g/mol. The maximum Gasteiger partial charge on any atom is 0.0780 e. The minimum Gasteiger partial charge on any atom is -0.388 e. The Balaban J connectivity index is 1.74. The maximum atomic E-state index is 10.3. The molecule has 0 saturated heterocycles. The van der Waals surface area contributed by atoms with E-state index in [1.54, 1.807) is 11.1 Å². The van der Waals surface area contributed by atoms with Crippen molar-refractivity contribution in [3.05, 3.63) is 47.5 Å². The van der Waals surface area contributed by atoms with Crippen molar-refractivity contribution in [3.63, 3.8) is 0 Å². The van der Waals surface area contributed by atoms with Crippen LogP contribution in [0.4, 0.5) is 0 Å². The van der Waals surface area contributed by atoms with E-state index in [-0.39, 0.29) is 11.5 Å². The number of hydrogen-bond acceptors (Lipinski definition) is 1. The van der Waals surface area contributed by atoms with E-state index in [1.807, 2.05) is 6.08 Å². The van der Waals surface area contributed by atoms with E-state index in [2.05, 4.69) is 37.3 Å². The summed E-state index contributed by atoms with van der Waals surface area (Å²) in [6, 6.07) is 9.00. The van der Waals surface area contributed by atoms with Gasteiger partial charge in [0.25, 0.3) is 0 Å². The van der Waals surface area contributed by atoms with Crippen LogP contribution in [0.25, 0.3) is 0 Å². The molecule has 0 radical (unpaired) electrons. The molecule has 0 amide bonds. The van der Waals surface area contributed by atoms with Crippen molar-refractivity contribution in [2.24, 2.45) is 17.3 Å². The Morgan fingerprint density at radius 2 is 2.00 bits per heavy atom. The molecule has 1 nitrogen and oxygen atoms in total. The van der Waals surface area contributed by atoms with Crippen LogP contribution in [0.3, 0.4) is 0 Å². The zero-order chi connectivity index (χ0) is 13.0. The van der Waals surface area contributed by atoms with Crippen LogP contribution in [0.5, 0.6) is 0 Å². The summed E-state index contributed by atoms with van der Waals surface area (Å²) < 4.78 is 0. The first-order valence-electron chi connectivity index (χ1n) is 7.64. The van der Waals surface area contributed by atoms with Gasteiger partial charge in [0.15, 0.2) is 0 Å². The van der Waals surface area contributed by atoms with Gasteiger partial charge in [0.2, 0.25) is 0 Å². The zero-order valence-corrected chi connectivity index (χ0v) is 11.5. The van der Waals surface area contributed by atoms with E-state index < -0.39 is 0 Å². The molecule has 3 aliphatic rings. The monoisotopic (exact) mass is 254 g/mol. The number of benzene rings is 1. The van der Waals surface area contributed by atoms with E-state index in [0.29, 0.717) is 5.92 Å². The number of aryl methyl sites for hydroxylation is 1. The molecule has 3 aliphatic carbocycles. The molecular formula is C18H22O. The van der Waals surface area contributed by atoms with Crippen LogP contribution in [0.1, 0.15) is 43.2 Å². The van der Waals surface area contributed by atoms with Gasteiger partial charge in [-0.05, 0) is 54.6 Å². The summed E-state index contributed by atoms with van der Waals surface area (Å²) in [6.45, 7) is 2.29. The molecule has 100 valence electrons.